The van der Waals surface area contributed by atoms with Crippen molar-refractivity contribution in [1.82, 2.24) is 15.0 Å². The fraction of sp³-hybridized carbons (Fsp3) is 0.417. The molecule has 16 heavy (non-hydrogen) atoms. The lowest BCUT2D eigenvalue weighted by Gasteiger charge is -2.06. The van der Waals surface area contributed by atoms with Crippen LogP contribution in [0.25, 0.3) is 0 Å². The maximum absolute atomic E-state index is 5.00. The molecule has 2 aromatic heterocycles. The van der Waals surface area contributed by atoms with Crippen molar-refractivity contribution in [2.75, 3.05) is 0 Å². The first-order valence-corrected chi connectivity index (χ1v) is 5.56. The van der Waals surface area contributed by atoms with Gasteiger partial charge < -0.3 is 14.4 Å². The van der Waals surface area contributed by atoms with Crippen LogP contribution in [0.15, 0.2) is 28.9 Å². The van der Waals surface area contributed by atoms with Gasteiger partial charge >= 0.3 is 0 Å². The van der Waals surface area contributed by atoms with Crippen LogP contribution in [0, 0.1) is 6.92 Å². The Morgan fingerprint density at radius 3 is 3.00 bits per heavy atom. The predicted molar refractivity (Wildman–Crippen MR) is 61.9 cm³/mol. The van der Waals surface area contributed by atoms with Crippen molar-refractivity contribution in [3.05, 3.63) is 41.5 Å². The molecule has 1 N–H and O–H groups in total. The monoisotopic (exact) mass is 219 g/mol. The molecule has 0 aromatic carbocycles. The van der Waals surface area contributed by atoms with Gasteiger partial charge in [-0.1, -0.05) is 5.16 Å². The molecule has 0 unspecified atom stereocenters. The Labute approximate surface area is 95.2 Å². The molecule has 2 heterocycles. The zero-order chi connectivity index (χ0) is 11.4. The van der Waals surface area contributed by atoms with E-state index in [-0.39, 0.29) is 0 Å². The number of rotatable bonds is 5. The molecule has 4 nitrogen and oxygen atoms in total. The first kappa shape index (κ1) is 11.0. The van der Waals surface area contributed by atoms with Crippen LogP contribution in [0.2, 0.25) is 0 Å². The molecule has 0 saturated carbocycles. The van der Waals surface area contributed by atoms with Crippen LogP contribution >= 0.6 is 0 Å². The SMILES string of the molecule is CCn1cccc1CNCc1cc(C)on1. The number of hydrogen-bond donors (Lipinski definition) is 1. The largest absolute Gasteiger partial charge is 0.361 e. The molecule has 2 aromatic rings. The highest BCUT2D eigenvalue weighted by molar-refractivity contribution is 5.07. The second-order valence-electron chi connectivity index (χ2n) is 3.82. The minimum Gasteiger partial charge on any atom is -0.361 e. The summed E-state index contributed by atoms with van der Waals surface area (Å²) in [4.78, 5) is 0. The fourth-order valence-electron chi connectivity index (χ4n) is 1.74. The Morgan fingerprint density at radius 2 is 2.31 bits per heavy atom. The molecule has 0 spiro atoms. The molecular weight excluding hydrogens is 202 g/mol. The number of aromatic nitrogens is 2. The minimum absolute atomic E-state index is 0.742. The highest BCUT2D eigenvalue weighted by Gasteiger charge is 2.01. The van der Waals surface area contributed by atoms with E-state index >= 15 is 0 Å². The summed E-state index contributed by atoms with van der Waals surface area (Å²) >= 11 is 0. The summed E-state index contributed by atoms with van der Waals surface area (Å²) in [7, 11) is 0. The van der Waals surface area contributed by atoms with Crippen molar-refractivity contribution < 1.29 is 4.52 Å². The zero-order valence-corrected chi connectivity index (χ0v) is 9.73. The highest BCUT2D eigenvalue weighted by atomic mass is 16.5. The maximum Gasteiger partial charge on any atom is 0.133 e. The number of aryl methyl sites for hydroxylation is 2. The van der Waals surface area contributed by atoms with Crippen LogP contribution in [0.3, 0.4) is 0 Å². The molecule has 0 atom stereocenters. The van der Waals surface area contributed by atoms with Gasteiger partial charge in [-0.25, -0.2) is 0 Å². The third-order valence-electron chi connectivity index (χ3n) is 2.55. The van der Waals surface area contributed by atoms with Crippen LogP contribution in [-0.4, -0.2) is 9.72 Å². The fourth-order valence-corrected chi connectivity index (χ4v) is 1.74. The van der Waals surface area contributed by atoms with E-state index in [0.717, 1.165) is 31.1 Å². The van der Waals surface area contributed by atoms with Crippen molar-refractivity contribution in [3.8, 4) is 0 Å². The van der Waals surface area contributed by atoms with Crippen molar-refractivity contribution in [2.45, 2.75) is 33.5 Å². The Hall–Kier alpha value is -1.55. The van der Waals surface area contributed by atoms with Crippen LogP contribution in [0.1, 0.15) is 24.1 Å². The van der Waals surface area contributed by atoms with Gasteiger partial charge in [0, 0.05) is 37.6 Å². The lowest BCUT2D eigenvalue weighted by atomic mass is 10.3. The average Bonchev–Trinajstić information content (AvgIpc) is 2.87. The van der Waals surface area contributed by atoms with E-state index in [9.17, 15) is 0 Å². The Balaban J connectivity index is 1.84. The molecule has 4 heteroatoms. The van der Waals surface area contributed by atoms with Gasteiger partial charge in [-0.05, 0) is 26.0 Å². The maximum atomic E-state index is 5.00. The summed E-state index contributed by atoms with van der Waals surface area (Å²) < 4.78 is 7.23. The lowest BCUT2D eigenvalue weighted by Crippen LogP contribution is -2.15. The molecular formula is C12H17N3O. The molecule has 0 aliphatic carbocycles. The third kappa shape index (κ3) is 2.52. The van der Waals surface area contributed by atoms with E-state index in [0.29, 0.717) is 0 Å². The smallest absolute Gasteiger partial charge is 0.133 e. The van der Waals surface area contributed by atoms with Crippen LogP contribution < -0.4 is 5.32 Å². The van der Waals surface area contributed by atoms with E-state index in [1.807, 2.05) is 13.0 Å². The topological polar surface area (TPSA) is 43.0 Å². The Morgan fingerprint density at radius 1 is 1.44 bits per heavy atom. The molecule has 0 fully saturated rings. The Bertz CT molecular complexity index is 445. The van der Waals surface area contributed by atoms with Gasteiger partial charge in [-0.3, -0.25) is 0 Å². The van der Waals surface area contributed by atoms with Crippen molar-refractivity contribution in [1.29, 1.82) is 0 Å². The number of hydrogen-bond acceptors (Lipinski definition) is 3. The predicted octanol–water partition coefficient (Wildman–Crippen LogP) is 2.09. The van der Waals surface area contributed by atoms with Gasteiger partial charge in [0.1, 0.15) is 5.76 Å². The first-order chi connectivity index (χ1) is 7.79. The highest BCUT2D eigenvalue weighted by Crippen LogP contribution is 2.04. The van der Waals surface area contributed by atoms with E-state index in [2.05, 4.69) is 40.3 Å². The molecule has 0 bridgehead atoms. The number of nitrogens with zero attached hydrogens (tertiary/aromatic N) is 2. The standard InChI is InChI=1S/C12H17N3O/c1-3-15-6-4-5-12(15)9-13-8-11-7-10(2)16-14-11/h4-7,13H,3,8-9H2,1-2H3. The summed E-state index contributed by atoms with van der Waals surface area (Å²) in [6, 6.07) is 6.15. The molecule has 86 valence electrons. The lowest BCUT2D eigenvalue weighted by molar-refractivity contribution is 0.388. The van der Waals surface area contributed by atoms with Crippen LogP contribution in [-0.2, 0) is 19.6 Å². The minimum atomic E-state index is 0.742. The van der Waals surface area contributed by atoms with Crippen molar-refractivity contribution in [3.63, 3.8) is 0 Å². The average molecular weight is 219 g/mol. The molecule has 0 saturated heterocycles. The molecule has 2 rings (SSSR count). The number of nitrogens with one attached hydrogen (secondary N) is 1. The van der Waals surface area contributed by atoms with E-state index < -0.39 is 0 Å². The molecule has 0 amide bonds. The second kappa shape index (κ2) is 4.99. The van der Waals surface area contributed by atoms with Gasteiger partial charge in [0.25, 0.3) is 0 Å². The quantitative estimate of drug-likeness (QED) is 0.837. The summed E-state index contributed by atoms with van der Waals surface area (Å²) in [5.41, 5.74) is 2.25. The van der Waals surface area contributed by atoms with Gasteiger partial charge in [-0.15, -0.1) is 0 Å². The van der Waals surface area contributed by atoms with Crippen LogP contribution in [0.5, 0.6) is 0 Å². The van der Waals surface area contributed by atoms with Gasteiger partial charge in [-0.2, -0.15) is 0 Å². The summed E-state index contributed by atoms with van der Waals surface area (Å²) in [5.74, 6) is 0.855. The van der Waals surface area contributed by atoms with Crippen molar-refractivity contribution in [2.24, 2.45) is 0 Å². The molecule has 0 radical (unpaired) electrons. The van der Waals surface area contributed by atoms with Gasteiger partial charge in [0.15, 0.2) is 0 Å². The molecule has 0 aliphatic heterocycles. The van der Waals surface area contributed by atoms with Gasteiger partial charge in [0.05, 0.1) is 5.69 Å². The second-order valence-corrected chi connectivity index (χ2v) is 3.82. The van der Waals surface area contributed by atoms with E-state index in [1.54, 1.807) is 0 Å². The summed E-state index contributed by atoms with van der Waals surface area (Å²) in [6.45, 7) is 6.65. The van der Waals surface area contributed by atoms with Crippen molar-refractivity contribution >= 4 is 0 Å². The molecule has 0 aliphatic rings. The van der Waals surface area contributed by atoms with Crippen LogP contribution in [0.4, 0.5) is 0 Å². The van der Waals surface area contributed by atoms with Gasteiger partial charge in [0.2, 0.25) is 0 Å². The zero-order valence-electron chi connectivity index (χ0n) is 9.73. The summed E-state index contributed by atoms with van der Waals surface area (Å²) in [5, 5.41) is 7.28. The first-order valence-electron chi connectivity index (χ1n) is 5.56. The summed E-state index contributed by atoms with van der Waals surface area (Å²) in [6.07, 6.45) is 2.09. The van der Waals surface area contributed by atoms with E-state index in [4.69, 9.17) is 4.52 Å². The Kier molecular flexibility index (Phi) is 3.41. The van der Waals surface area contributed by atoms with E-state index in [1.165, 1.54) is 5.69 Å². The third-order valence-corrected chi connectivity index (χ3v) is 2.55. The normalized spacial score (nSPS) is 10.9.